The third kappa shape index (κ3) is 4.04. The summed E-state index contributed by atoms with van der Waals surface area (Å²) >= 11 is 7.25. The maximum Gasteiger partial charge on any atom is 0.252 e. The highest BCUT2D eigenvalue weighted by Crippen LogP contribution is 2.33. The fourth-order valence-corrected chi connectivity index (χ4v) is 7.34. The van der Waals surface area contributed by atoms with Crippen molar-refractivity contribution >= 4 is 60.1 Å². The van der Waals surface area contributed by atoms with Crippen LogP contribution in [0.25, 0.3) is 20.9 Å². The third-order valence-corrected chi connectivity index (χ3v) is 9.44. The number of nitrogens with zero attached hydrogens (tertiary/aromatic N) is 3. The van der Waals surface area contributed by atoms with Crippen molar-refractivity contribution in [1.82, 2.24) is 14.2 Å². The summed E-state index contributed by atoms with van der Waals surface area (Å²) in [5.74, 6) is 0. The van der Waals surface area contributed by atoms with Crippen molar-refractivity contribution in [2.45, 2.75) is 16.8 Å². The molecule has 0 N–H and O–H groups in total. The van der Waals surface area contributed by atoms with Gasteiger partial charge in [0.15, 0.2) is 0 Å². The van der Waals surface area contributed by atoms with Gasteiger partial charge in [-0.15, -0.1) is 11.3 Å². The summed E-state index contributed by atoms with van der Waals surface area (Å²) in [6.07, 6.45) is 4.42. The van der Waals surface area contributed by atoms with Gasteiger partial charge in [-0.1, -0.05) is 29.8 Å². The molecule has 1 saturated heterocycles. The first kappa shape index (κ1) is 21.5. The van der Waals surface area contributed by atoms with Crippen molar-refractivity contribution < 1.29 is 13.2 Å². The van der Waals surface area contributed by atoms with Crippen molar-refractivity contribution in [3.05, 3.63) is 71.5 Å². The Labute approximate surface area is 195 Å². The molecular weight excluding hydrogens is 466 g/mol. The Bertz CT molecular complexity index is 1420. The van der Waals surface area contributed by atoms with E-state index in [1.54, 1.807) is 24.4 Å². The summed E-state index contributed by atoms with van der Waals surface area (Å²) in [6, 6.07) is 14.6. The van der Waals surface area contributed by atoms with Gasteiger partial charge in [-0.3, -0.25) is 9.88 Å². The Morgan fingerprint density at radius 2 is 1.91 bits per heavy atom. The van der Waals surface area contributed by atoms with E-state index in [1.165, 1.54) is 15.6 Å². The first-order valence-corrected chi connectivity index (χ1v) is 12.8. The van der Waals surface area contributed by atoms with E-state index in [9.17, 15) is 13.2 Å². The summed E-state index contributed by atoms with van der Waals surface area (Å²) in [5.41, 5.74) is 1.08. The molecule has 0 amide bonds. The summed E-state index contributed by atoms with van der Waals surface area (Å²) in [4.78, 5) is 18.0. The molecule has 9 heteroatoms. The molecular formula is C23H20ClN3O3S2. The van der Waals surface area contributed by atoms with Crippen LogP contribution in [-0.2, 0) is 21.4 Å². The lowest BCUT2D eigenvalue weighted by Gasteiger charge is -2.38. The molecule has 4 aromatic rings. The zero-order chi connectivity index (χ0) is 22.3. The minimum Gasteiger partial charge on any atom is -0.302 e. The normalized spacial score (nSPS) is 18.3. The molecule has 1 aliphatic heterocycles. The van der Waals surface area contributed by atoms with Gasteiger partial charge in [-0.2, -0.15) is 4.31 Å². The van der Waals surface area contributed by atoms with Crippen LogP contribution in [0.1, 0.15) is 5.56 Å². The molecule has 3 heterocycles. The van der Waals surface area contributed by atoms with Crippen molar-refractivity contribution in [3.8, 4) is 0 Å². The van der Waals surface area contributed by atoms with E-state index in [4.69, 9.17) is 11.6 Å². The van der Waals surface area contributed by atoms with Gasteiger partial charge in [0.05, 0.1) is 6.04 Å². The molecule has 0 spiro atoms. The average molecular weight is 486 g/mol. The maximum atomic E-state index is 13.3. The molecule has 5 rings (SSSR count). The predicted octanol–water partition coefficient (Wildman–Crippen LogP) is 4.18. The van der Waals surface area contributed by atoms with Crippen LogP contribution in [0.4, 0.5) is 0 Å². The summed E-state index contributed by atoms with van der Waals surface area (Å²) < 4.78 is 29.1. The van der Waals surface area contributed by atoms with E-state index in [-0.39, 0.29) is 10.8 Å². The van der Waals surface area contributed by atoms with Crippen LogP contribution in [-0.4, -0.2) is 54.6 Å². The molecule has 1 unspecified atom stereocenters. The second-order valence-corrected chi connectivity index (χ2v) is 11.5. The number of aromatic nitrogens is 1. The summed E-state index contributed by atoms with van der Waals surface area (Å²) in [7, 11) is -3.69. The van der Waals surface area contributed by atoms with Gasteiger partial charge in [0.2, 0.25) is 0 Å². The fraction of sp³-hybridized carbons (Fsp3) is 0.217. The van der Waals surface area contributed by atoms with E-state index in [0.717, 1.165) is 32.7 Å². The third-order valence-electron chi connectivity index (χ3n) is 5.80. The zero-order valence-corrected chi connectivity index (χ0v) is 19.4. The van der Waals surface area contributed by atoms with Crippen molar-refractivity contribution in [2.24, 2.45) is 0 Å². The Hall–Kier alpha value is -2.36. The lowest BCUT2D eigenvalue weighted by atomic mass is 10.1. The molecule has 2 aromatic carbocycles. The van der Waals surface area contributed by atoms with Crippen LogP contribution in [0.3, 0.4) is 0 Å². The van der Waals surface area contributed by atoms with E-state index in [1.807, 2.05) is 35.4 Å². The smallest absolute Gasteiger partial charge is 0.252 e. The Morgan fingerprint density at radius 3 is 2.75 bits per heavy atom. The summed E-state index contributed by atoms with van der Waals surface area (Å²) in [6.45, 7) is 1.53. The minimum absolute atomic E-state index is 0.137. The van der Waals surface area contributed by atoms with Gasteiger partial charge in [0.25, 0.3) is 10.0 Å². The predicted molar refractivity (Wildman–Crippen MR) is 128 cm³/mol. The number of hydrogen-bond donors (Lipinski definition) is 0. The molecule has 164 valence electrons. The van der Waals surface area contributed by atoms with Gasteiger partial charge in [-0.25, -0.2) is 8.42 Å². The van der Waals surface area contributed by atoms with Crippen molar-refractivity contribution in [2.75, 3.05) is 19.6 Å². The lowest BCUT2D eigenvalue weighted by molar-refractivity contribution is -0.114. The van der Waals surface area contributed by atoms with Gasteiger partial charge < -0.3 is 4.79 Å². The molecule has 1 fully saturated rings. The highest BCUT2D eigenvalue weighted by atomic mass is 35.5. The molecule has 0 saturated carbocycles. The first-order chi connectivity index (χ1) is 15.4. The van der Waals surface area contributed by atoms with E-state index < -0.39 is 16.1 Å². The summed E-state index contributed by atoms with van der Waals surface area (Å²) in [5, 5.41) is 3.56. The Kier molecular flexibility index (Phi) is 5.73. The van der Waals surface area contributed by atoms with Crippen LogP contribution < -0.4 is 0 Å². The molecule has 32 heavy (non-hydrogen) atoms. The second kappa shape index (κ2) is 8.53. The second-order valence-electron chi connectivity index (χ2n) is 7.84. The first-order valence-electron chi connectivity index (χ1n) is 10.2. The number of aldehydes is 1. The molecule has 1 atom stereocenters. The standard InChI is InChI=1S/C23H20ClN3O3S2/c24-20-4-3-18-10-23(31-22(18)11-20)32(29,30)27-8-7-26(21(14-27)15-28)13-16-1-2-19-12-25-6-5-17(19)9-16/h1-6,9-12,15,21H,7-8,13-14H2. The largest absolute Gasteiger partial charge is 0.302 e. The number of pyridine rings is 1. The Balaban J connectivity index is 1.35. The van der Waals surface area contributed by atoms with Crippen LogP contribution >= 0.6 is 22.9 Å². The number of carbonyl (C=O) groups excluding carboxylic acids is 1. The quantitative estimate of drug-likeness (QED) is 0.397. The highest BCUT2D eigenvalue weighted by Gasteiger charge is 2.35. The number of halogens is 1. The molecule has 2 aromatic heterocycles. The number of fused-ring (bicyclic) bond motifs is 2. The minimum atomic E-state index is -3.69. The fourth-order valence-electron chi connectivity index (χ4n) is 4.07. The van der Waals surface area contributed by atoms with E-state index in [0.29, 0.717) is 24.7 Å². The van der Waals surface area contributed by atoms with Crippen LogP contribution in [0.15, 0.2) is 65.1 Å². The average Bonchev–Trinajstić information content (AvgIpc) is 3.23. The number of hydrogen-bond acceptors (Lipinski definition) is 6. The number of piperazine rings is 1. The van der Waals surface area contributed by atoms with Gasteiger partial charge in [0.1, 0.15) is 10.5 Å². The van der Waals surface area contributed by atoms with Gasteiger partial charge in [0, 0.05) is 53.7 Å². The molecule has 0 aliphatic carbocycles. The zero-order valence-electron chi connectivity index (χ0n) is 17.0. The maximum absolute atomic E-state index is 13.3. The van der Waals surface area contributed by atoms with Crippen molar-refractivity contribution in [1.29, 1.82) is 0 Å². The van der Waals surface area contributed by atoms with E-state index >= 15 is 0 Å². The lowest BCUT2D eigenvalue weighted by Crippen LogP contribution is -2.54. The van der Waals surface area contributed by atoms with Crippen LogP contribution in [0.5, 0.6) is 0 Å². The molecule has 0 radical (unpaired) electrons. The monoisotopic (exact) mass is 485 g/mol. The highest BCUT2D eigenvalue weighted by molar-refractivity contribution is 7.91. The Morgan fingerprint density at radius 1 is 1.06 bits per heavy atom. The number of carbonyl (C=O) groups is 1. The van der Waals surface area contributed by atoms with Gasteiger partial charge >= 0.3 is 0 Å². The molecule has 6 nitrogen and oxygen atoms in total. The topological polar surface area (TPSA) is 70.6 Å². The van der Waals surface area contributed by atoms with Crippen LogP contribution in [0.2, 0.25) is 5.02 Å². The number of thiophene rings is 1. The molecule has 0 bridgehead atoms. The number of rotatable bonds is 5. The van der Waals surface area contributed by atoms with Crippen molar-refractivity contribution in [3.63, 3.8) is 0 Å². The van der Waals surface area contributed by atoms with E-state index in [2.05, 4.69) is 11.1 Å². The molecule has 1 aliphatic rings. The van der Waals surface area contributed by atoms with Crippen LogP contribution in [0, 0.1) is 0 Å². The SMILES string of the molecule is O=CC1CN(S(=O)(=O)c2cc3ccc(Cl)cc3s2)CCN1Cc1ccc2cnccc2c1. The number of sulfonamides is 1. The number of benzene rings is 2. The van der Waals surface area contributed by atoms with Gasteiger partial charge in [-0.05, 0) is 46.7 Å².